The largest absolute Gasteiger partial charge is 0.594 e. The van der Waals surface area contributed by atoms with E-state index < -0.39 is 57.7 Å². The van der Waals surface area contributed by atoms with Gasteiger partial charge in [0.15, 0.2) is 31.3 Å². The van der Waals surface area contributed by atoms with E-state index in [2.05, 4.69) is 107 Å². The lowest BCUT2D eigenvalue weighted by Gasteiger charge is -2.44. The van der Waals surface area contributed by atoms with Gasteiger partial charge in [-0.1, -0.05) is 103 Å². The van der Waals surface area contributed by atoms with Crippen LogP contribution < -0.4 is 9.89 Å². The number of aromatic nitrogens is 2. The van der Waals surface area contributed by atoms with E-state index in [4.69, 9.17) is 41.7 Å². The van der Waals surface area contributed by atoms with Crippen LogP contribution in [0.4, 0.5) is 5.82 Å². The van der Waals surface area contributed by atoms with Gasteiger partial charge in [-0.3, -0.25) is 0 Å². The number of imidazole rings is 1. The Morgan fingerprint density at radius 3 is 1.86 bits per heavy atom. The molecule has 13 nitrogen and oxygen atoms in total. The predicted octanol–water partition coefficient (Wildman–Crippen LogP) is 9.42. The van der Waals surface area contributed by atoms with Gasteiger partial charge in [-0.05, 0) is 80.7 Å². The second-order valence-corrected chi connectivity index (χ2v) is 36.0. The van der Waals surface area contributed by atoms with Gasteiger partial charge in [0.25, 0.3) is 6.34 Å². The van der Waals surface area contributed by atoms with Gasteiger partial charge in [0, 0.05) is 4.62 Å². The second kappa shape index (κ2) is 18.0. The fourth-order valence-corrected chi connectivity index (χ4v) is 11.1. The van der Waals surface area contributed by atoms with Crippen LogP contribution in [-0.4, -0.2) is 95.9 Å². The van der Waals surface area contributed by atoms with Crippen molar-refractivity contribution in [2.75, 3.05) is 26.2 Å². The summed E-state index contributed by atoms with van der Waals surface area (Å²) in [6.45, 7) is 41.7. The first-order chi connectivity index (χ1) is 26.5. The van der Waals surface area contributed by atoms with Crippen LogP contribution in [0.3, 0.4) is 0 Å². The van der Waals surface area contributed by atoms with Crippen molar-refractivity contribution < 1.29 is 41.2 Å². The van der Waals surface area contributed by atoms with E-state index in [1.165, 1.54) is 6.34 Å². The van der Waals surface area contributed by atoms with Crippen LogP contribution in [0, 0.1) is 0 Å². The molecule has 0 saturated carbocycles. The molecule has 1 unspecified atom stereocenters. The molecule has 2 aliphatic heterocycles. The molecule has 2 aromatic rings. The van der Waals surface area contributed by atoms with Gasteiger partial charge in [-0.15, -0.1) is 4.65 Å². The number of hydrogen-bond donors (Lipinski definition) is 0. The number of benzene rings is 1. The molecule has 4 rings (SSSR count). The number of phosphoric acid groups is 1. The highest BCUT2D eigenvalue weighted by Gasteiger charge is 2.57. The van der Waals surface area contributed by atoms with Crippen molar-refractivity contribution in [3.63, 3.8) is 0 Å². The van der Waals surface area contributed by atoms with Crippen LogP contribution in [0.1, 0.15) is 101 Å². The number of aliphatic imine (C=N–C) groups is 2. The van der Waals surface area contributed by atoms with Crippen molar-refractivity contribution in [2.24, 2.45) is 4.99 Å². The molecule has 1 fully saturated rings. The van der Waals surface area contributed by atoms with Crippen LogP contribution in [0.2, 0.25) is 54.4 Å². The molecule has 1 aromatic heterocycles. The summed E-state index contributed by atoms with van der Waals surface area (Å²) >= 11 is 0. The summed E-state index contributed by atoms with van der Waals surface area (Å²) < 4.78 is 49.3. The maximum absolute atomic E-state index is 14.7. The molecule has 5 atom stereocenters. The number of ether oxygens (including phenoxy) is 1. The van der Waals surface area contributed by atoms with Crippen LogP contribution in [0.15, 0.2) is 41.7 Å². The van der Waals surface area contributed by atoms with Gasteiger partial charge in [0.2, 0.25) is 11.9 Å². The summed E-state index contributed by atoms with van der Waals surface area (Å²) in [6.07, 6.45) is 0.940. The van der Waals surface area contributed by atoms with Gasteiger partial charge in [0.05, 0.1) is 6.61 Å². The zero-order chi connectivity index (χ0) is 43.8. The standard InChI is InChI=1S/C41H75N5O8PSi3/c1-19-46(20-2,21-3)54-55(47,48-27-31-25-23-22-24-26-31)51-37-33-36(42-29-43-37)45(30-44-33)38-35(53-58(17,18)41(10,11)12)34(52-57(15,16)40(7,8)9)32(50-38)28-49-56(13,14)39(4,5)6/h22-26,29-30,32,34-35,38H,19-21,27-28H2,1-18H3/q+2/t32-,34-,35-,38-,55?/m1/s1. The van der Waals surface area contributed by atoms with Gasteiger partial charge in [-0.25, -0.2) is 14.1 Å². The molecule has 0 spiro atoms. The summed E-state index contributed by atoms with van der Waals surface area (Å²) in [5.74, 6) is 0.404. The monoisotopic (exact) mass is 880 g/mol. The maximum atomic E-state index is 14.7. The SMILES string of the molecule is CC[N+](CC)(CC)O[P+]([O-])(OCc1ccccc1)OC1=NC=[N+]c2c1ncn2[C@@H]1O[C@H](CO[Si](C)(C)C(C)(C)C)[C@@H](O[Si](C)(C)C(C)(C)C)[C@H]1O[Si](C)(C)C(C)(C)C. The van der Waals surface area contributed by atoms with Crippen molar-refractivity contribution in [3.8, 4) is 0 Å². The first-order valence-electron chi connectivity index (χ1n) is 20.9. The fraction of sp³-hybridized carbons (Fsp3) is 0.732. The smallest absolute Gasteiger partial charge is 0.499 e. The van der Waals surface area contributed by atoms with Crippen LogP contribution in [0.25, 0.3) is 0 Å². The Hall–Kier alpha value is -1.67. The molecule has 327 valence electrons. The van der Waals surface area contributed by atoms with E-state index in [-0.39, 0.29) is 38.0 Å². The quantitative estimate of drug-likeness (QED) is 0.0660. The second-order valence-electron chi connectivity index (χ2n) is 20.2. The number of hydroxylamine groups is 3. The molecule has 0 N–H and O–H groups in total. The van der Waals surface area contributed by atoms with Gasteiger partial charge in [0.1, 0.15) is 44.6 Å². The normalized spacial score (nSPS) is 22.2. The van der Waals surface area contributed by atoms with Crippen molar-refractivity contribution >= 4 is 51.2 Å². The Morgan fingerprint density at radius 1 is 0.810 bits per heavy atom. The third-order valence-corrected chi connectivity index (χ3v) is 28.0. The molecule has 3 heterocycles. The number of hydrogen-bond acceptors (Lipinski definition) is 11. The average molecular weight is 881 g/mol. The van der Waals surface area contributed by atoms with E-state index in [1.54, 1.807) is 6.33 Å². The lowest BCUT2D eigenvalue weighted by molar-refractivity contribution is -1.08. The molecule has 1 aromatic carbocycles. The molecule has 0 bridgehead atoms. The summed E-state index contributed by atoms with van der Waals surface area (Å²) in [7, 11) is -11.3. The van der Waals surface area contributed by atoms with Crippen LogP contribution in [-0.2, 0) is 38.3 Å². The first kappa shape index (κ1) is 49.0. The third kappa shape index (κ3) is 11.0. The number of quaternary nitrogens is 1. The average Bonchev–Trinajstić information content (AvgIpc) is 3.69. The van der Waals surface area contributed by atoms with Crippen molar-refractivity contribution in [1.29, 1.82) is 0 Å². The summed E-state index contributed by atoms with van der Waals surface area (Å²) in [6, 6.07) is 9.50. The Labute approximate surface area is 353 Å². The van der Waals surface area contributed by atoms with Crippen LogP contribution >= 0.6 is 8.17 Å². The third-order valence-electron chi connectivity index (χ3n) is 13.2. The topological polar surface area (TPSA) is 132 Å². The summed E-state index contributed by atoms with van der Waals surface area (Å²) in [5.41, 5.74) is 1.11. The van der Waals surface area contributed by atoms with E-state index in [0.717, 1.165) is 5.56 Å². The van der Waals surface area contributed by atoms with E-state index in [0.29, 0.717) is 32.1 Å². The summed E-state index contributed by atoms with van der Waals surface area (Å²) in [5, 5.41) is -0.163. The Balaban J connectivity index is 1.80. The van der Waals surface area contributed by atoms with E-state index in [9.17, 15) is 4.89 Å². The molecular formula is C41H75N5O8PSi3+2. The molecule has 58 heavy (non-hydrogen) atoms. The number of phosphoric ester groups is 1. The lowest BCUT2D eigenvalue weighted by atomic mass is 10.1. The maximum Gasteiger partial charge on any atom is 0.499 e. The highest BCUT2D eigenvalue weighted by molar-refractivity contribution is 7.54. The highest BCUT2D eigenvalue weighted by atomic mass is 31.2. The van der Waals surface area contributed by atoms with Gasteiger partial charge < -0.3 is 22.9 Å². The number of fused-ring (bicyclic) bond motifs is 1. The molecule has 0 aliphatic carbocycles. The lowest BCUT2D eigenvalue weighted by Crippen LogP contribution is -2.54. The van der Waals surface area contributed by atoms with Crippen molar-refractivity contribution in [1.82, 2.24) is 14.5 Å². The van der Waals surface area contributed by atoms with E-state index in [1.807, 2.05) is 55.7 Å². The predicted molar refractivity (Wildman–Crippen MR) is 240 cm³/mol. The van der Waals surface area contributed by atoms with Crippen molar-refractivity contribution in [3.05, 3.63) is 47.9 Å². The number of rotatable bonds is 17. The molecule has 1 saturated heterocycles. The Bertz CT molecular complexity index is 1730. The fourth-order valence-electron chi connectivity index (χ4n) is 5.91. The molecule has 2 aliphatic rings. The molecule has 17 heteroatoms. The zero-order valence-electron chi connectivity index (χ0n) is 38.8. The minimum atomic E-state index is -4.30. The highest BCUT2D eigenvalue weighted by Crippen LogP contribution is 2.58. The Kier molecular flexibility index (Phi) is 15.2. The minimum absolute atomic E-state index is 0.00356. The molecule has 0 amide bonds. The van der Waals surface area contributed by atoms with Gasteiger partial charge >= 0.3 is 19.9 Å². The van der Waals surface area contributed by atoms with Gasteiger partial charge in [-0.2, -0.15) is 4.52 Å². The van der Waals surface area contributed by atoms with E-state index >= 15 is 0 Å². The zero-order valence-corrected chi connectivity index (χ0v) is 42.7. The minimum Gasteiger partial charge on any atom is -0.594 e. The van der Waals surface area contributed by atoms with Crippen molar-refractivity contribution in [2.45, 2.75) is 169 Å². The molecular weight excluding hydrogens is 806 g/mol. The molecule has 1 radical (unpaired) electrons. The van der Waals surface area contributed by atoms with Crippen LogP contribution in [0.5, 0.6) is 0 Å². The number of nitrogens with zero attached hydrogens (tertiary/aromatic N) is 5. The first-order valence-corrected chi connectivity index (χ1v) is 31.1. The summed E-state index contributed by atoms with van der Waals surface area (Å²) in [4.78, 5) is 28.7. The Morgan fingerprint density at radius 2 is 1.34 bits per heavy atom.